The van der Waals surface area contributed by atoms with Crippen LogP contribution in [0.4, 0.5) is 0 Å². The van der Waals surface area contributed by atoms with Crippen LogP contribution in [0.1, 0.15) is 69.2 Å². The van der Waals surface area contributed by atoms with Crippen LogP contribution in [0.5, 0.6) is 0 Å². The van der Waals surface area contributed by atoms with Crippen molar-refractivity contribution in [2.24, 2.45) is 10.8 Å². The minimum atomic E-state index is -1.19. The Morgan fingerprint density at radius 3 is 0.958 bits per heavy atom. The van der Waals surface area contributed by atoms with E-state index in [0.717, 1.165) is 0 Å². The number of amides is 2. The van der Waals surface area contributed by atoms with Crippen LogP contribution in [-0.4, -0.2) is 45.3 Å². The maximum atomic E-state index is 12.3. The fraction of sp³-hybridized carbons (Fsp3) is 0.889. The fourth-order valence-corrected chi connectivity index (χ4v) is 3.30. The monoisotopic (exact) mass is 344 g/mol. The molecule has 0 radical (unpaired) electrons. The molecule has 0 fully saturated rings. The van der Waals surface area contributed by atoms with E-state index >= 15 is 0 Å². The molecule has 0 heterocycles. The first-order valence-electron chi connectivity index (χ1n) is 8.34. The Labute approximate surface area is 146 Å². The van der Waals surface area contributed by atoms with Gasteiger partial charge in [0.2, 0.25) is 0 Å². The second-order valence-electron chi connectivity index (χ2n) is 9.85. The average Bonchev–Trinajstić information content (AvgIpc) is 2.26. The van der Waals surface area contributed by atoms with Crippen LogP contribution in [0.15, 0.2) is 0 Å². The van der Waals surface area contributed by atoms with Crippen molar-refractivity contribution >= 4 is 11.8 Å². The van der Waals surface area contributed by atoms with Crippen molar-refractivity contribution in [1.29, 1.82) is 0 Å². The number of hydrogen-bond acceptors (Lipinski definition) is 4. The standard InChI is InChI=1S/C18H36N2O4/c1-15(2,3)13(17(7,8)23)19-11(21)12(22)20-14(16(4,5)6)18(9,10)24/h13-14,23-24H,1-10H3,(H,19,21)(H,20,22)/t13-,14-/m1/s1. The molecule has 2 atom stereocenters. The maximum Gasteiger partial charge on any atom is 0.309 e. The zero-order valence-corrected chi connectivity index (χ0v) is 16.9. The largest absolute Gasteiger partial charge is 0.388 e. The summed E-state index contributed by atoms with van der Waals surface area (Å²) in [6.45, 7) is 17.6. The topological polar surface area (TPSA) is 98.7 Å². The quantitative estimate of drug-likeness (QED) is 0.582. The zero-order chi connectivity index (χ0) is 19.7. The molecule has 0 aliphatic heterocycles. The van der Waals surface area contributed by atoms with Crippen molar-refractivity contribution in [3.8, 4) is 0 Å². The molecule has 24 heavy (non-hydrogen) atoms. The number of aliphatic hydroxyl groups is 2. The first kappa shape index (κ1) is 22.9. The number of carbonyl (C=O) groups is 2. The summed E-state index contributed by atoms with van der Waals surface area (Å²) in [5.74, 6) is -1.65. The van der Waals surface area contributed by atoms with Gasteiger partial charge in [-0.25, -0.2) is 0 Å². The summed E-state index contributed by atoms with van der Waals surface area (Å²) in [5.41, 5.74) is -3.25. The van der Waals surface area contributed by atoms with Crippen molar-refractivity contribution in [2.75, 3.05) is 0 Å². The molecule has 0 saturated heterocycles. The Balaban J connectivity index is 5.28. The number of nitrogens with one attached hydrogen (secondary N) is 2. The van der Waals surface area contributed by atoms with E-state index in [0.29, 0.717) is 0 Å². The van der Waals surface area contributed by atoms with Gasteiger partial charge in [0.1, 0.15) is 0 Å². The van der Waals surface area contributed by atoms with Crippen molar-refractivity contribution in [3.05, 3.63) is 0 Å². The van der Waals surface area contributed by atoms with Gasteiger partial charge in [0, 0.05) is 0 Å². The molecule has 4 N–H and O–H groups in total. The van der Waals surface area contributed by atoms with E-state index in [-0.39, 0.29) is 0 Å². The summed E-state index contributed by atoms with van der Waals surface area (Å²) >= 11 is 0. The van der Waals surface area contributed by atoms with E-state index in [1.54, 1.807) is 27.7 Å². The van der Waals surface area contributed by atoms with Gasteiger partial charge in [-0.1, -0.05) is 41.5 Å². The van der Waals surface area contributed by atoms with Crippen molar-refractivity contribution < 1.29 is 19.8 Å². The first-order valence-corrected chi connectivity index (χ1v) is 8.34. The van der Waals surface area contributed by atoms with E-state index in [2.05, 4.69) is 10.6 Å². The highest BCUT2D eigenvalue weighted by atomic mass is 16.3. The smallest absolute Gasteiger partial charge is 0.309 e. The molecule has 0 saturated carbocycles. The summed E-state index contributed by atoms with van der Waals surface area (Å²) < 4.78 is 0. The minimum Gasteiger partial charge on any atom is -0.388 e. The summed E-state index contributed by atoms with van der Waals surface area (Å²) in [4.78, 5) is 24.6. The fourth-order valence-electron chi connectivity index (χ4n) is 3.30. The van der Waals surface area contributed by atoms with Crippen LogP contribution in [-0.2, 0) is 9.59 Å². The van der Waals surface area contributed by atoms with Crippen LogP contribution in [0.3, 0.4) is 0 Å². The minimum absolute atomic E-state index is 0.437. The lowest BCUT2D eigenvalue weighted by atomic mass is 9.77. The molecule has 0 aromatic rings. The highest BCUT2D eigenvalue weighted by Gasteiger charge is 2.41. The summed E-state index contributed by atoms with van der Waals surface area (Å²) in [7, 11) is 0. The molecular formula is C18H36N2O4. The zero-order valence-electron chi connectivity index (χ0n) is 16.9. The molecule has 0 bridgehead atoms. The Morgan fingerprint density at radius 1 is 0.625 bits per heavy atom. The van der Waals surface area contributed by atoms with Crippen molar-refractivity contribution in [3.63, 3.8) is 0 Å². The third kappa shape index (κ3) is 6.77. The Morgan fingerprint density at radius 2 is 0.833 bits per heavy atom. The van der Waals surface area contributed by atoms with Gasteiger partial charge >= 0.3 is 11.8 Å². The van der Waals surface area contributed by atoms with Gasteiger partial charge in [0.15, 0.2) is 0 Å². The molecular weight excluding hydrogens is 308 g/mol. The highest BCUT2D eigenvalue weighted by Crippen LogP contribution is 2.29. The van der Waals surface area contributed by atoms with Crippen LogP contribution >= 0.6 is 0 Å². The molecule has 0 aromatic carbocycles. The molecule has 0 rings (SSSR count). The van der Waals surface area contributed by atoms with Crippen LogP contribution < -0.4 is 10.6 Å². The first-order chi connectivity index (χ1) is 10.3. The molecule has 0 aliphatic carbocycles. The number of rotatable bonds is 4. The Hall–Kier alpha value is -1.14. The molecule has 6 nitrogen and oxygen atoms in total. The summed E-state index contributed by atoms with van der Waals surface area (Å²) in [6.07, 6.45) is 0. The lowest BCUT2D eigenvalue weighted by molar-refractivity contribution is -0.144. The van der Waals surface area contributed by atoms with Crippen LogP contribution in [0.25, 0.3) is 0 Å². The molecule has 0 aliphatic rings. The van der Waals surface area contributed by atoms with Gasteiger partial charge in [0.05, 0.1) is 23.3 Å². The van der Waals surface area contributed by atoms with Gasteiger partial charge in [-0.15, -0.1) is 0 Å². The normalized spacial score (nSPS) is 16.3. The lowest BCUT2D eigenvalue weighted by Gasteiger charge is -2.41. The van der Waals surface area contributed by atoms with Gasteiger partial charge in [-0.2, -0.15) is 0 Å². The average molecular weight is 344 g/mol. The molecule has 142 valence electrons. The van der Waals surface area contributed by atoms with Gasteiger partial charge in [-0.3, -0.25) is 9.59 Å². The molecule has 0 spiro atoms. The molecule has 0 aromatic heterocycles. The predicted molar refractivity (Wildman–Crippen MR) is 95.4 cm³/mol. The van der Waals surface area contributed by atoms with Crippen LogP contribution in [0, 0.1) is 10.8 Å². The van der Waals surface area contributed by atoms with Gasteiger partial charge in [-0.05, 0) is 38.5 Å². The predicted octanol–water partition coefficient (Wildman–Crippen LogP) is 1.59. The van der Waals surface area contributed by atoms with E-state index in [9.17, 15) is 19.8 Å². The van der Waals surface area contributed by atoms with Crippen LogP contribution in [0.2, 0.25) is 0 Å². The third-order valence-corrected chi connectivity index (χ3v) is 3.90. The van der Waals surface area contributed by atoms with Gasteiger partial charge < -0.3 is 20.8 Å². The SMILES string of the molecule is CC(C)(C)[C@@H](NC(=O)C(=O)N[C@H](C(C)(C)C)C(C)(C)O)C(C)(C)O. The summed E-state index contributed by atoms with van der Waals surface area (Å²) in [5, 5.41) is 25.8. The maximum absolute atomic E-state index is 12.3. The Kier molecular flexibility index (Phi) is 6.67. The number of carbonyl (C=O) groups excluding carboxylic acids is 2. The van der Waals surface area contributed by atoms with E-state index in [4.69, 9.17) is 0 Å². The van der Waals surface area contributed by atoms with E-state index in [1.165, 1.54) is 0 Å². The lowest BCUT2D eigenvalue weighted by Crippen LogP contribution is -2.62. The molecule has 0 unspecified atom stereocenters. The molecule has 6 heteroatoms. The van der Waals surface area contributed by atoms with E-state index < -0.39 is 45.9 Å². The van der Waals surface area contributed by atoms with Crippen molar-refractivity contribution in [1.82, 2.24) is 10.6 Å². The van der Waals surface area contributed by atoms with Gasteiger partial charge in [0.25, 0.3) is 0 Å². The second-order valence-corrected chi connectivity index (χ2v) is 9.85. The van der Waals surface area contributed by atoms with Crippen molar-refractivity contribution in [2.45, 2.75) is 92.5 Å². The second kappa shape index (κ2) is 7.00. The third-order valence-electron chi connectivity index (χ3n) is 3.90. The van der Waals surface area contributed by atoms with E-state index in [1.807, 2.05) is 41.5 Å². The highest BCUT2D eigenvalue weighted by molar-refractivity contribution is 6.35. The Bertz CT molecular complexity index is 387. The summed E-state index contributed by atoms with van der Waals surface area (Å²) in [6, 6.07) is -1.23. The number of hydrogen-bond donors (Lipinski definition) is 4. The molecule has 2 amide bonds.